The standard InChI is InChI=1S/C29H22N2O2/c1-2-19-33-27-18-17-21-11-9-10-16-24(21)25(27)20-26-28(22-12-5-3-6-13-22)30-31(29(26)32)23-14-7-4-8-15-23/h2-18,20H,1,19H2/b26-20+. The molecule has 4 nitrogen and oxygen atoms in total. The Labute approximate surface area is 192 Å². The number of hydrazone groups is 1. The molecule has 5 rings (SSSR count). The van der Waals surface area contributed by atoms with E-state index < -0.39 is 0 Å². The zero-order chi connectivity index (χ0) is 22.6. The van der Waals surface area contributed by atoms with Crippen molar-refractivity contribution in [3.05, 3.63) is 126 Å². The third kappa shape index (κ3) is 3.94. The normalized spacial score (nSPS) is 14.5. The van der Waals surface area contributed by atoms with Crippen LogP contribution in [-0.2, 0) is 4.79 Å². The average molecular weight is 431 g/mol. The van der Waals surface area contributed by atoms with Crippen molar-refractivity contribution < 1.29 is 9.53 Å². The van der Waals surface area contributed by atoms with Crippen LogP contribution in [0, 0.1) is 0 Å². The molecule has 0 saturated heterocycles. The Kier molecular flexibility index (Phi) is 5.56. The van der Waals surface area contributed by atoms with Crippen molar-refractivity contribution in [1.29, 1.82) is 0 Å². The minimum Gasteiger partial charge on any atom is -0.489 e. The Morgan fingerprint density at radius 2 is 1.55 bits per heavy atom. The van der Waals surface area contributed by atoms with Crippen LogP contribution in [0.15, 0.2) is 120 Å². The lowest BCUT2D eigenvalue weighted by atomic mass is 9.97. The number of amides is 1. The summed E-state index contributed by atoms with van der Waals surface area (Å²) >= 11 is 0. The molecule has 1 aliphatic rings. The maximum Gasteiger partial charge on any atom is 0.281 e. The molecule has 0 atom stereocenters. The van der Waals surface area contributed by atoms with Gasteiger partial charge in [0.05, 0.1) is 11.3 Å². The van der Waals surface area contributed by atoms with Crippen LogP contribution in [0.25, 0.3) is 16.8 Å². The summed E-state index contributed by atoms with van der Waals surface area (Å²) in [5.74, 6) is 0.516. The Hall–Kier alpha value is -4.44. The van der Waals surface area contributed by atoms with E-state index in [9.17, 15) is 4.79 Å². The highest BCUT2D eigenvalue weighted by atomic mass is 16.5. The van der Waals surface area contributed by atoms with Gasteiger partial charge in [0, 0.05) is 11.1 Å². The van der Waals surface area contributed by atoms with Crippen molar-refractivity contribution in [3.8, 4) is 5.75 Å². The summed E-state index contributed by atoms with van der Waals surface area (Å²) in [6, 6.07) is 31.3. The summed E-state index contributed by atoms with van der Waals surface area (Å²) in [6.07, 6.45) is 3.61. The fraction of sp³-hybridized carbons (Fsp3) is 0.0345. The molecule has 4 aromatic carbocycles. The monoisotopic (exact) mass is 430 g/mol. The number of carbonyl (C=O) groups excluding carboxylic acids is 1. The molecule has 0 spiro atoms. The number of para-hydroxylation sites is 1. The van der Waals surface area contributed by atoms with Gasteiger partial charge in [0.25, 0.3) is 5.91 Å². The average Bonchev–Trinajstić information content (AvgIpc) is 3.20. The second-order valence-corrected chi connectivity index (χ2v) is 7.62. The summed E-state index contributed by atoms with van der Waals surface area (Å²) in [7, 11) is 0. The van der Waals surface area contributed by atoms with E-state index in [1.54, 1.807) is 6.08 Å². The van der Waals surface area contributed by atoms with Gasteiger partial charge < -0.3 is 4.74 Å². The van der Waals surface area contributed by atoms with Crippen LogP contribution in [-0.4, -0.2) is 18.2 Å². The molecule has 0 bridgehead atoms. The molecule has 0 radical (unpaired) electrons. The Morgan fingerprint density at radius 3 is 2.30 bits per heavy atom. The predicted molar refractivity (Wildman–Crippen MR) is 135 cm³/mol. The molecular formula is C29H22N2O2. The zero-order valence-electron chi connectivity index (χ0n) is 18.0. The van der Waals surface area contributed by atoms with Crippen LogP contribution in [0.3, 0.4) is 0 Å². The molecule has 1 aliphatic heterocycles. The minimum absolute atomic E-state index is 0.178. The largest absolute Gasteiger partial charge is 0.489 e. The van der Waals surface area contributed by atoms with E-state index in [0.29, 0.717) is 23.6 Å². The molecule has 1 amide bonds. The summed E-state index contributed by atoms with van der Waals surface area (Å²) in [5, 5.41) is 8.27. The molecular weight excluding hydrogens is 408 g/mol. The zero-order valence-corrected chi connectivity index (χ0v) is 18.0. The van der Waals surface area contributed by atoms with Gasteiger partial charge in [-0.3, -0.25) is 4.79 Å². The van der Waals surface area contributed by atoms with Gasteiger partial charge in [-0.2, -0.15) is 10.1 Å². The highest BCUT2D eigenvalue weighted by Gasteiger charge is 2.32. The fourth-order valence-electron chi connectivity index (χ4n) is 3.94. The van der Waals surface area contributed by atoms with Gasteiger partial charge in [0.15, 0.2) is 0 Å². The highest BCUT2D eigenvalue weighted by Crippen LogP contribution is 2.34. The van der Waals surface area contributed by atoms with Gasteiger partial charge in [-0.25, -0.2) is 0 Å². The molecule has 0 saturated carbocycles. The first-order chi connectivity index (χ1) is 16.3. The Bertz CT molecular complexity index is 1390. The first-order valence-corrected chi connectivity index (χ1v) is 10.8. The van der Waals surface area contributed by atoms with Crippen LogP contribution >= 0.6 is 0 Å². The van der Waals surface area contributed by atoms with E-state index in [1.807, 2.05) is 103 Å². The number of anilines is 1. The number of rotatable bonds is 6. The number of hydrogen-bond donors (Lipinski definition) is 0. The van der Waals surface area contributed by atoms with Crippen molar-refractivity contribution in [2.45, 2.75) is 0 Å². The predicted octanol–water partition coefficient (Wildman–Crippen LogP) is 6.24. The Morgan fingerprint density at radius 1 is 0.848 bits per heavy atom. The number of ether oxygens (including phenoxy) is 1. The van der Waals surface area contributed by atoms with E-state index in [0.717, 1.165) is 27.6 Å². The molecule has 0 fully saturated rings. The van der Waals surface area contributed by atoms with Gasteiger partial charge in [-0.1, -0.05) is 91.5 Å². The number of nitrogens with zero attached hydrogens (tertiary/aromatic N) is 2. The third-order valence-electron chi connectivity index (χ3n) is 5.50. The van der Waals surface area contributed by atoms with E-state index in [4.69, 9.17) is 9.84 Å². The van der Waals surface area contributed by atoms with Crippen LogP contribution in [0.1, 0.15) is 11.1 Å². The van der Waals surface area contributed by atoms with Gasteiger partial charge in [0.1, 0.15) is 18.1 Å². The van der Waals surface area contributed by atoms with Crippen molar-refractivity contribution >= 4 is 34.2 Å². The van der Waals surface area contributed by atoms with Crippen LogP contribution in [0.5, 0.6) is 5.75 Å². The van der Waals surface area contributed by atoms with E-state index >= 15 is 0 Å². The lowest BCUT2D eigenvalue weighted by Crippen LogP contribution is -2.21. The summed E-state index contributed by atoms with van der Waals surface area (Å²) in [6.45, 7) is 4.13. The van der Waals surface area contributed by atoms with E-state index in [1.165, 1.54) is 5.01 Å². The number of benzene rings is 4. The first kappa shape index (κ1) is 20.5. The van der Waals surface area contributed by atoms with Gasteiger partial charge in [-0.15, -0.1) is 0 Å². The van der Waals surface area contributed by atoms with E-state index in [2.05, 4.69) is 6.58 Å². The number of hydrogen-bond acceptors (Lipinski definition) is 3. The second-order valence-electron chi connectivity index (χ2n) is 7.62. The topological polar surface area (TPSA) is 41.9 Å². The van der Waals surface area contributed by atoms with Crippen molar-refractivity contribution in [1.82, 2.24) is 0 Å². The first-order valence-electron chi connectivity index (χ1n) is 10.8. The van der Waals surface area contributed by atoms with Crippen LogP contribution < -0.4 is 9.75 Å². The molecule has 0 aliphatic carbocycles. The van der Waals surface area contributed by atoms with Crippen LogP contribution in [0.4, 0.5) is 5.69 Å². The summed E-state index contributed by atoms with van der Waals surface area (Å²) in [4.78, 5) is 13.6. The minimum atomic E-state index is -0.178. The molecule has 33 heavy (non-hydrogen) atoms. The van der Waals surface area contributed by atoms with Gasteiger partial charge >= 0.3 is 0 Å². The number of fused-ring (bicyclic) bond motifs is 1. The molecule has 0 aromatic heterocycles. The van der Waals surface area contributed by atoms with Gasteiger partial charge in [-0.05, 0) is 35.0 Å². The lowest BCUT2D eigenvalue weighted by Gasteiger charge is -2.13. The maximum atomic E-state index is 13.6. The fourth-order valence-corrected chi connectivity index (χ4v) is 3.94. The quantitative estimate of drug-likeness (QED) is 0.268. The Balaban J connectivity index is 1.71. The SMILES string of the molecule is C=CCOc1ccc2ccccc2c1/C=C1/C(=O)N(c2ccccc2)N=C1c1ccccc1. The summed E-state index contributed by atoms with van der Waals surface area (Å²) in [5.41, 5.74) is 3.60. The molecule has 0 unspecified atom stereocenters. The van der Waals surface area contributed by atoms with Gasteiger partial charge in [0.2, 0.25) is 0 Å². The molecule has 4 heteroatoms. The molecule has 0 N–H and O–H groups in total. The van der Waals surface area contributed by atoms with Crippen molar-refractivity contribution in [3.63, 3.8) is 0 Å². The second kappa shape index (κ2) is 8.97. The highest BCUT2D eigenvalue weighted by molar-refractivity contribution is 6.37. The maximum absolute atomic E-state index is 13.6. The molecule has 1 heterocycles. The van der Waals surface area contributed by atoms with Crippen molar-refractivity contribution in [2.24, 2.45) is 5.10 Å². The van der Waals surface area contributed by atoms with E-state index in [-0.39, 0.29) is 5.91 Å². The third-order valence-corrected chi connectivity index (χ3v) is 5.50. The number of carbonyl (C=O) groups is 1. The molecule has 160 valence electrons. The van der Waals surface area contributed by atoms with Crippen LogP contribution in [0.2, 0.25) is 0 Å². The summed E-state index contributed by atoms with van der Waals surface area (Å²) < 4.78 is 5.96. The molecule has 4 aromatic rings. The van der Waals surface area contributed by atoms with Crippen molar-refractivity contribution in [2.75, 3.05) is 11.6 Å². The smallest absolute Gasteiger partial charge is 0.281 e. The lowest BCUT2D eigenvalue weighted by molar-refractivity contribution is -0.114.